The van der Waals surface area contributed by atoms with Crippen LogP contribution in [0.25, 0.3) is 5.00 Å². The summed E-state index contributed by atoms with van der Waals surface area (Å²) in [7, 11) is 0. The molecule has 0 radical (unpaired) electrons. The van der Waals surface area contributed by atoms with Crippen molar-refractivity contribution in [3.8, 4) is 5.00 Å². The lowest BCUT2D eigenvalue weighted by Crippen LogP contribution is -2.09. The molecule has 26 heavy (non-hydrogen) atoms. The standard InChI is InChI=1S/C18H19N5O2S/c1-11-7-13(8-21-22-9-19-20-10-22)12(2)23(11)17-16(18(24)25)14-5-3-4-6-15(14)26-17/h7-10H,3-6H2,1-2H3,(H,24,25)/b21-8-. The lowest BCUT2D eigenvalue weighted by Gasteiger charge is -2.11. The van der Waals surface area contributed by atoms with E-state index in [1.54, 1.807) is 17.6 Å². The summed E-state index contributed by atoms with van der Waals surface area (Å²) in [6, 6.07) is 2.02. The Kier molecular flexibility index (Phi) is 4.20. The molecule has 0 saturated carbocycles. The Morgan fingerprint density at radius 2 is 2.00 bits per heavy atom. The van der Waals surface area contributed by atoms with E-state index in [1.807, 2.05) is 24.5 Å². The Balaban J connectivity index is 1.82. The van der Waals surface area contributed by atoms with E-state index in [4.69, 9.17) is 0 Å². The molecule has 4 rings (SSSR count). The maximum absolute atomic E-state index is 12.0. The van der Waals surface area contributed by atoms with Gasteiger partial charge in [-0.25, -0.2) is 9.47 Å². The van der Waals surface area contributed by atoms with Crippen LogP contribution in [-0.4, -0.2) is 36.7 Å². The fraction of sp³-hybridized carbons (Fsp3) is 0.333. The predicted molar refractivity (Wildman–Crippen MR) is 99.7 cm³/mol. The third-order valence-electron chi connectivity index (χ3n) is 4.78. The molecule has 0 fully saturated rings. The van der Waals surface area contributed by atoms with Gasteiger partial charge >= 0.3 is 5.97 Å². The SMILES string of the molecule is Cc1cc(/C=N\n2cnnc2)c(C)n1-c1sc2c(c1C(=O)O)CCCC2. The minimum absolute atomic E-state index is 0.466. The normalized spacial score (nSPS) is 14.1. The summed E-state index contributed by atoms with van der Waals surface area (Å²) >= 11 is 1.61. The average Bonchev–Trinajstić information content (AvgIpc) is 3.30. The van der Waals surface area contributed by atoms with Crippen molar-refractivity contribution in [3.05, 3.63) is 51.7 Å². The molecule has 0 bridgehead atoms. The molecule has 3 heterocycles. The zero-order chi connectivity index (χ0) is 18.3. The van der Waals surface area contributed by atoms with Crippen molar-refractivity contribution in [1.82, 2.24) is 19.4 Å². The second-order valence-electron chi connectivity index (χ2n) is 6.44. The van der Waals surface area contributed by atoms with E-state index in [0.717, 1.165) is 53.2 Å². The summed E-state index contributed by atoms with van der Waals surface area (Å²) in [6.07, 6.45) is 8.81. The molecule has 7 nitrogen and oxygen atoms in total. The van der Waals surface area contributed by atoms with E-state index in [-0.39, 0.29) is 0 Å². The van der Waals surface area contributed by atoms with E-state index in [9.17, 15) is 9.90 Å². The van der Waals surface area contributed by atoms with Crippen molar-refractivity contribution in [2.75, 3.05) is 0 Å². The Bertz CT molecular complexity index is 998. The van der Waals surface area contributed by atoms with Crippen LogP contribution < -0.4 is 0 Å². The zero-order valence-electron chi connectivity index (χ0n) is 14.6. The van der Waals surface area contributed by atoms with Gasteiger partial charge in [0.1, 0.15) is 17.7 Å². The average molecular weight is 369 g/mol. The highest BCUT2D eigenvalue weighted by Gasteiger charge is 2.27. The highest BCUT2D eigenvalue weighted by atomic mass is 32.1. The Morgan fingerprint density at radius 1 is 1.27 bits per heavy atom. The summed E-state index contributed by atoms with van der Waals surface area (Å²) in [5.74, 6) is -0.841. The second kappa shape index (κ2) is 6.53. The van der Waals surface area contributed by atoms with E-state index in [2.05, 4.69) is 15.3 Å². The van der Waals surface area contributed by atoms with Crippen molar-refractivity contribution in [1.29, 1.82) is 0 Å². The van der Waals surface area contributed by atoms with Gasteiger partial charge in [-0.2, -0.15) is 5.10 Å². The topological polar surface area (TPSA) is 85.3 Å². The first-order chi connectivity index (χ1) is 12.6. The van der Waals surface area contributed by atoms with Gasteiger partial charge in [0.2, 0.25) is 0 Å². The summed E-state index contributed by atoms with van der Waals surface area (Å²) in [5.41, 5.74) is 4.40. The molecule has 3 aromatic heterocycles. The molecule has 0 aromatic carbocycles. The number of carbonyl (C=O) groups is 1. The summed E-state index contributed by atoms with van der Waals surface area (Å²) in [5, 5.41) is 22.4. The number of nitrogens with zero attached hydrogens (tertiary/aromatic N) is 5. The van der Waals surface area contributed by atoms with Crippen LogP contribution in [0, 0.1) is 13.8 Å². The number of carboxylic acids is 1. The van der Waals surface area contributed by atoms with Gasteiger partial charge in [0, 0.05) is 21.8 Å². The number of thiophene rings is 1. The smallest absolute Gasteiger partial charge is 0.339 e. The molecule has 0 aliphatic heterocycles. The van der Waals surface area contributed by atoms with Crippen LogP contribution in [0.4, 0.5) is 0 Å². The first-order valence-electron chi connectivity index (χ1n) is 8.52. The van der Waals surface area contributed by atoms with Crippen LogP contribution in [0.5, 0.6) is 0 Å². The van der Waals surface area contributed by atoms with Gasteiger partial charge in [-0.1, -0.05) is 0 Å². The maximum Gasteiger partial charge on any atom is 0.339 e. The monoisotopic (exact) mass is 369 g/mol. The molecule has 0 spiro atoms. The first-order valence-corrected chi connectivity index (χ1v) is 9.34. The minimum atomic E-state index is -0.841. The number of hydrogen-bond acceptors (Lipinski definition) is 5. The number of fused-ring (bicyclic) bond motifs is 1. The van der Waals surface area contributed by atoms with Crippen LogP contribution in [0.1, 0.15) is 50.6 Å². The largest absolute Gasteiger partial charge is 0.478 e. The molecular weight excluding hydrogens is 350 g/mol. The van der Waals surface area contributed by atoms with Crippen LogP contribution in [0.2, 0.25) is 0 Å². The number of hydrogen-bond donors (Lipinski definition) is 1. The van der Waals surface area contributed by atoms with Crippen molar-refractivity contribution >= 4 is 23.5 Å². The molecule has 0 unspecified atom stereocenters. The van der Waals surface area contributed by atoms with Gasteiger partial charge in [0.25, 0.3) is 0 Å². The van der Waals surface area contributed by atoms with Crippen LogP contribution in [-0.2, 0) is 12.8 Å². The highest BCUT2D eigenvalue weighted by Crippen LogP contribution is 2.38. The summed E-state index contributed by atoms with van der Waals surface area (Å²) < 4.78 is 3.57. The van der Waals surface area contributed by atoms with Crippen LogP contribution in [0.15, 0.2) is 23.8 Å². The number of rotatable bonds is 4. The summed E-state index contributed by atoms with van der Waals surface area (Å²) in [6.45, 7) is 3.98. The highest BCUT2D eigenvalue weighted by molar-refractivity contribution is 7.15. The molecular formula is C18H19N5O2S. The Labute approximate surface area is 154 Å². The number of aromatic nitrogens is 4. The van der Waals surface area contributed by atoms with Crippen molar-refractivity contribution in [2.45, 2.75) is 39.5 Å². The molecule has 1 aliphatic carbocycles. The lowest BCUT2D eigenvalue weighted by atomic mass is 9.95. The molecule has 134 valence electrons. The molecule has 8 heteroatoms. The van der Waals surface area contributed by atoms with Crippen molar-refractivity contribution in [2.24, 2.45) is 5.10 Å². The fourth-order valence-electron chi connectivity index (χ4n) is 3.54. The number of aromatic carboxylic acids is 1. The molecule has 0 amide bonds. The van der Waals surface area contributed by atoms with Crippen LogP contribution in [0.3, 0.4) is 0 Å². The number of carboxylic acid groups (broad SMARTS) is 1. The van der Waals surface area contributed by atoms with Gasteiger partial charge in [-0.3, -0.25) is 0 Å². The third-order valence-corrected chi connectivity index (χ3v) is 6.05. The van der Waals surface area contributed by atoms with Gasteiger partial charge in [-0.15, -0.1) is 21.5 Å². The number of aryl methyl sites for hydroxylation is 2. The molecule has 0 atom stereocenters. The van der Waals surface area contributed by atoms with E-state index in [0.29, 0.717) is 5.56 Å². The maximum atomic E-state index is 12.0. The Morgan fingerprint density at radius 3 is 2.73 bits per heavy atom. The molecule has 1 aliphatic rings. The quantitative estimate of drug-likeness (QED) is 0.716. The van der Waals surface area contributed by atoms with Crippen molar-refractivity contribution in [3.63, 3.8) is 0 Å². The minimum Gasteiger partial charge on any atom is -0.478 e. The Hall–Kier alpha value is -2.74. The molecule has 3 aromatic rings. The molecule has 1 N–H and O–H groups in total. The fourth-order valence-corrected chi connectivity index (χ4v) is 5.04. The second-order valence-corrected chi connectivity index (χ2v) is 7.53. The van der Waals surface area contributed by atoms with Gasteiger partial charge in [0.15, 0.2) is 0 Å². The van der Waals surface area contributed by atoms with Crippen LogP contribution >= 0.6 is 11.3 Å². The predicted octanol–water partition coefficient (Wildman–Crippen LogP) is 3.21. The van der Waals surface area contributed by atoms with Gasteiger partial charge in [0.05, 0.1) is 11.8 Å². The summed E-state index contributed by atoms with van der Waals surface area (Å²) in [4.78, 5) is 13.2. The first kappa shape index (κ1) is 16.7. The van der Waals surface area contributed by atoms with Gasteiger partial charge in [-0.05, 0) is 51.2 Å². The molecule has 0 saturated heterocycles. The van der Waals surface area contributed by atoms with E-state index in [1.165, 1.54) is 22.2 Å². The zero-order valence-corrected chi connectivity index (χ0v) is 15.5. The van der Waals surface area contributed by atoms with Gasteiger partial charge < -0.3 is 9.67 Å². The third kappa shape index (κ3) is 2.76. The van der Waals surface area contributed by atoms with Crippen molar-refractivity contribution < 1.29 is 9.90 Å². The van der Waals surface area contributed by atoms with E-state index >= 15 is 0 Å². The lowest BCUT2D eigenvalue weighted by molar-refractivity contribution is 0.0696. The van der Waals surface area contributed by atoms with E-state index < -0.39 is 5.97 Å².